The van der Waals surface area contributed by atoms with Gasteiger partial charge in [0.1, 0.15) is 5.82 Å². The van der Waals surface area contributed by atoms with Gasteiger partial charge in [0.2, 0.25) is 0 Å². The lowest BCUT2D eigenvalue weighted by Gasteiger charge is -2.23. The average molecular weight is 387 g/mol. The molecule has 0 saturated carbocycles. The van der Waals surface area contributed by atoms with Crippen LogP contribution in [0.25, 0.3) is 17.1 Å². The molecule has 0 spiro atoms. The number of rotatable bonds is 8. The fourth-order valence-corrected chi connectivity index (χ4v) is 3.64. The molecular weight excluding hydrogens is 352 g/mol. The summed E-state index contributed by atoms with van der Waals surface area (Å²) in [5.41, 5.74) is 4.83. The molecule has 1 atom stereocenters. The van der Waals surface area contributed by atoms with E-state index in [1.165, 1.54) is 6.08 Å². The molecule has 6 nitrogen and oxygen atoms in total. The Morgan fingerprint density at radius 1 is 1.36 bits per heavy atom. The van der Waals surface area contributed by atoms with Crippen LogP contribution in [0.3, 0.4) is 0 Å². The van der Waals surface area contributed by atoms with Crippen LogP contribution in [-0.2, 0) is 17.8 Å². The van der Waals surface area contributed by atoms with Gasteiger partial charge in [-0.05, 0) is 55.6 Å². The quantitative estimate of drug-likeness (QED) is 0.412. The zero-order chi connectivity index (χ0) is 20.9. The standard InChI is InChI=1S/C22H34N4O2/c1-16(15-22(2,3)4)13-20-23-18-14-17(8-10-21(27)24-28)7-9-19(18)26(20)12-11-25(5)6/h7-10,14,16,28H,11-13,15H2,1-6H3,(H,24,27). The number of fused-ring (bicyclic) bond motifs is 1. The summed E-state index contributed by atoms with van der Waals surface area (Å²) in [6.07, 6.45) is 5.06. The molecule has 1 aromatic carbocycles. The maximum Gasteiger partial charge on any atom is 0.267 e. The largest absolute Gasteiger partial charge is 0.327 e. The van der Waals surface area contributed by atoms with Crippen molar-refractivity contribution < 1.29 is 10.0 Å². The van der Waals surface area contributed by atoms with Crippen LogP contribution >= 0.6 is 0 Å². The predicted octanol–water partition coefficient (Wildman–Crippen LogP) is 3.73. The highest BCUT2D eigenvalue weighted by Gasteiger charge is 2.19. The first-order chi connectivity index (χ1) is 13.1. The lowest BCUT2D eigenvalue weighted by molar-refractivity contribution is -0.124. The molecule has 2 N–H and O–H groups in total. The molecule has 0 radical (unpaired) electrons. The molecule has 154 valence electrons. The lowest BCUT2D eigenvalue weighted by Crippen LogP contribution is -2.21. The van der Waals surface area contributed by atoms with Gasteiger partial charge in [-0.2, -0.15) is 0 Å². The number of hydroxylamine groups is 1. The van der Waals surface area contributed by atoms with E-state index in [2.05, 4.69) is 57.3 Å². The SMILES string of the molecule is CC(Cc1nc2cc(C=CC(=O)NO)ccc2n1CCN(C)C)CC(C)(C)C. The monoisotopic (exact) mass is 386 g/mol. The molecule has 1 unspecified atom stereocenters. The summed E-state index contributed by atoms with van der Waals surface area (Å²) < 4.78 is 2.32. The second-order valence-corrected chi connectivity index (χ2v) is 9.11. The molecule has 0 saturated heterocycles. The smallest absolute Gasteiger partial charge is 0.267 e. The van der Waals surface area contributed by atoms with Crippen LogP contribution in [0.4, 0.5) is 0 Å². The molecule has 2 rings (SSSR count). The fraction of sp³-hybridized carbons (Fsp3) is 0.545. The highest BCUT2D eigenvalue weighted by molar-refractivity contribution is 5.91. The Hall–Kier alpha value is -2.18. The zero-order valence-corrected chi connectivity index (χ0v) is 18.0. The predicted molar refractivity (Wildman–Crippen MR) is 114 cm³/mol. The molecule has 0 aliphatic heterocycles. The van der Waals surface area contributed by atoms with E-state index < -0.39 is 5.91 Å². The van der Waals surface area contributed by atoms with Crippen molar-refractivity contribution in [1.82, 2.24) is 19.9 Å². The van der Waals surface area contributed by atoms with Crippen molar-refractivity contribution >= 4 is 23.0 Å². The maximum absolute atomic E-state index is 11.2. The van der Waals surface area contributed by atoms with Crippen molar-refractivity contribution in [1.29, 1.82) is 0 Å². The van der Waals surface area contributed by atoms with Crippen LogP contribution in [0, 0.1) is 11.3 Å². The van der Waals surface area contributed by atoms with E-state index in [1.807, 2.05) is 12.1 Å². The minimum Gasteiger partial charge on any atom is -0.327 e. The Kier molecular flexibility index (Phi) is 7.38. The Morgan fingerprint density at radius 3 is 2.68 bits per heavy atom. The normalized spacial score (nSPS) is 13.6. The topological polar surface area (TPSA) is 70.4 Å². The number of imidazole rings is 1. The summed E-state index contributed by atoms with van der Waals surface area (Å²) in [5, 5.41) is 8.62. The molecule has 0 aliphatic carbocycles. The number of amides is 1. The van der Waals surface area contributed by atoms with E-state index in [-0.39, 0.29) is 0 Å². The Morgan fingerprint density at radius 2 is 2.07 bits per heavy atom. The summed E-state index contributed by atoms with van der Waals surface area (Å²) in [4.78, 5) is 18.3. The molecule has 28 heavy (non-hydrogen) atoms. The first-order valence-corrected chi connectivity index (χ1v) is 9.85. The number of likely N-dealkylation sites (N-methyl/N-ethyl adjacent to an activating group) is 1. The molecule has 1 amide bonds. The molecule has 0 bridgehead atoms. The first kappa shape index (κ1) is 22.1. The lowest BCUT2D eigenvalue weighted by atomic mass is 9.84. The van der Waals surface area contributed by atoms with Gasteiger partial charge >= 0.3 is 0 Å². The van der Waals surface area contributed by atoms with Crippen molar-refractivity contribution in [3.63, 3.8) is 0 Å². The molecule has 1 heterocycles. The van der Waals surface area contributed by atoms with Crippen LogP contribution in [-0.4, -0.2) is 46.2 Å². The Bertz CT molecular complexity index is 831. The van der Waals surface area contributed by atoms with Crippen LogP contribution in [0.2, 0.25) is 0 Å². The van der Waals surface area contributed by atoms with Gasteiger partial charge in [0, 0.05) is 25.6 Å². The number of carbonyl (C=O) groups excluding carboxylic acids is 1. The average Bonchev–Trinajstić information content (AvgIpc) is 2.92. The van der Waals surface area contributed by atoms with Crippen molar-refractivity contribution in [2.24, 2.45) is 11.3 Å². The van der Waals surface area contributed by atoms with Crippen molar-refractivity contribution in [2.75, 3.05) is 20.6 Å². The summed E-state index contributed by atoms with van der Waals surface area (Å²) in [6, 6.07) is 6.02. The van der Waals surface area contributed by atoms with Gasteiger partial charge in [0.15, 0.2) is 0 Å². The number of benzene rings is 1. The summed E-state index contributed by atoms with van der Waals surface area (Å²) >= 11 is 0. The van der Waals surface area contributed by atoms with E-state index in [1.54, 1.807) is 11.6 Å². The molecule has 1 aromatic heterocycles. The van der Waals surface area contributed by atoms with Gasteiger partial charge < -0.3 is 9.47 Å². The van der Waals surface area contributed by atoms with Gasteiger partial charge in [0.05, 0.1) is 11.0 Å². The first-order valence-electron chi connectivity index (χ1n) is 9.85. The number of hydrogen-bond donors (Lipinski definition) is 2. The minimum atomic E-state index is -0.548. The van der Waals surface area contributed by atoms with Crippen molar-refractivity contribution in [3.05, 3.63) is 35.7 Å². The van der Waals surface area contributed by atoms with Gasteiger partial charge in [0.25, 0.3) is 5.91 Å². The maximum atomic E-state index is 11.2. The van der Waals surface area contributed by atoms with E-state index >= 15 is 0 Å². The number of nitrogens with one attached hydrogen (secondary N) is 1. The fourth-order valence-electron chi connectivity index (χ4n) is 3.64. The minimum absolute atomic E-state index is 0.297. The molecule has 2 aromatic rings. The third-order valence-electron chi connectivity index (χ3n) is 4.65. The molecule has 0 aliphatic rings. The van der Waals surface area contributed by atoms with Crippen molar-refractivity contribution in [3.8, 4) is 0 Å². The van der Waals surface area contributed by atoms with Gasteiger partial charge in [-0.3, -0.25) is 10.0 Å². The summed E-state index contributed by atoms with van der Waals surface area (Å²) in [5.74, 6) is 1.11. The number of aromatic nitrogens is 2. The second-order valence-electron chi connectivity index (χ2n) is 9.11. The second kappa shape index (κ2) is 9.34. The Balaban J connectivity index is 2.35. The molecule has 6 heteroatoms. The van der Waals surface area contributed by atoms with Gasteiger partial charge in [-0.25, -0.2) is 10.5 Å². The third-order valence-corrected chi connectivity index (χ3v) is 4.65. The zero-order valence-electron chi connectivity index (χ0n) is 18.0. The van der Waals surface area contributed by atoms with Crippen LogP contribution in [0.1, 0.15) is 45.5 Å². The van der Waals surface area contributed by atoms with E-state index in [4.69, 9.17) is 10.2 Å². The van der Waals surface area contributed by atoms with Gasteiger partial charge in [-0.1, -0.05) is 33.8 Å². The van der Waals surface area contributed by atoms with Crippen LogP contribution < -0.4 is 5.48 Å². The highest BCUT2D eigenvalue weighted by Crippen LogP contribution is 2.27. The summed E-state index contributed by atoms with van der Waals surface area (Å²) in [7, 11) is 4.16. The van der Waals surface area contributed by atoms with Crippen LogP contribution in [0.15, 0.2) is 24.3 Å². The summed E-state index contributed by atoms with van der Waals surface area (Å²) in [6.45, 7) is 11.0. The van der Waals surface area contributed by atoms with E-state index in [0.717, 1.165) is 48.4 Å². The van der Waals surface area contributed by atoms with Crippen molar-refractivity contribution in [2.45, 2.75) is 47.1 Å². The number of carbonyl (C=O) groups is 1. The van der Waals surface area contributed by atoms with E-state index in [0.29, 0.717) is 11.3 Å². The molecule has 0 fully saturated rings. The number of hydrogen-bond acceptors (Lipinski definition) is 4. The van der Waals surface area contributed by atoms with Crippen LogP contribution in [0.5, 0.6) is 0 Å². The third kappa shape index (κ3) is 6.46. The molecular formula is C22H34N4O2. The number of nitrogens with zero attached hydrogens (tertiary/aromatic N) is 3. The highest BCUT2D eigenvalue weighted by atomic mass is 16.5. The van der Waals surface area contributed by atoms with Gasteiger partial charge in [-0.15, -0.1) is 0 Å². The Labute approximate surface area is 168 Å². The van der Waals surface area contributed by atoms with E-state index in [9.17, 15) is 4.79 Å².